The summed E-state index contributed by atoms with van der Waals surface area (Å²) in [6, 6.07) is 20.5. The molecule has 0 atom stereocenters. The van der Waals surface area contributed by atoms with Crippen LogP contribution < -0.4 is 0 Å². The summed E-state index contributed by atoms with van der Waals surface area (Å²) in [5.74, 6) is 0. The van der Waals surface area contributed by atoms with Gasteiger partial charge in [-0.3, -0.25) is 0 Å². The first-order valence-electron chi connectivity index (χ1n) is 10.7. The minimum Gasteiger partial charge on any atom is -0.0613 e. The van der Waals surface area contributed by atoms with Gasteiger partial charge in [0.2, 0.25) is 0 Å². The smallest absolute Gasteiger partial charge is 0.00543 e. The Balaban J connectivity index is 1.67. The van der Waals surface area contributed by atoms with Gasteiger partial charge in [-0.25, -0.2) is 0 Å². The number of aryl methyl sites for hydroxylation is 3. The molecule has 0 saturated heterocycles. The van der Waals surface area contributed by atoms with E-state index in [0.29, 0.717) is 0 Å². The van der Waals surface area contributed by atoms with Crippen LogP contribution >= 0.6 is 0 Å². The van der Waals surface area contributed by atoms with Gasteiger partial charge in [0.1, 0.15) is 0 Å². The van der Waals surface area contributed by atoms with E-state index in [9.17, 15) is 0 Å². The molecule has 0 amide bonds. The van der Waals surface area contributed by atoms with Crippen LogP contribution in [0.15, 0.2) is 60.2 Å². The van der Waals surface area contributed by atoms with Gasteiger partial charge in [0.25, 0.3) is 0 Å². The predicted octanol–water partition coefficient (Wildman–Crippen LogP) is 7.76. The van der Waals surface area contributed by atoms with Gasteiger partial charge >= 0.3 is 0 Å². The second kappa shape index (κ2) is 7.34. The Kier molecular flexibility index (Phi) is 4.99. The van der Waals surface area contributed by atoms with Crippen LogP contribution in [0, 0.1) is 20.8 Å². The molecule has 3 aromatic carbocycles. The Morgan fingerprint density at radius 1 is 0.828 bits per heavy atom. The third-order valence-electron chi connectivity index (χ3n) is 6.27. The summed E-state index contributed by atoms with van der Waals surface area (Å²) in [7, 11) is 0. The average Bonchev–Trinajstić information content (AvgIpc) is 3.07. The highest BCUT2D eigenvalue weighted by Crippen LogP contribution is 2.36. The van der Waals surface area contributed by atoms with Gasteiger partial charge in [-0.05, 0) is 83.5 Å². The summed E-state index contributed by atoms with van der Waals surface area (Å²) in [5, 5.41) is 0. The van der Waals surface area contributed by atoms with E-state index in [1.54, 1.807) is 0 Å². The number of rotatable bonds is 3. The summed E-state index contributed by atoms with van der Waals surface area (Å²) in [5.41, 5.74) is 14.3. The molecular formula is C29H32. The van der Waals surface area contributed by atoms with Crippen molar-refractivity contribution in [1.82, 2.24) is 0 Å². The molecular weight excluding hydrogens is 348 g/mol. The first-order chi connectivity index (χ1) is 13.7. The fourth-order valence-corrected chi connectivity index (χ4v) is 4.67. The van der Waals surface area contributed by atoms with Gasteiger partial charge < -0.3 is 0 Å². The lowest BCUT2D eigenvalue weighted by atomic mass is 9.86. The summed E-state index contributed by atoms with van der Waals surface area (Å²) in [6.45, 7) is 13.5. The highest BCUT2D eigenvalue weighted by Gasteiger charge is 2.19. The van der Waals surface area contributed by atoms with Crippen LogP contribution in [-0.2, 0) is 18.3 Å². The van der Waals surface area contributed by atoms with E-state index >= 15 is 0 Å². The minimum atomic E-state index is 0.188. The maximum atomic E-state index is 2.45. The number of benzene rings is 3. The second-order valence-corrected chi connectivity index (χ2v) is 9.74. The highest BCUT2D eigenvalue weighted by molar-refractivity contribution is 5.81. The fraction of sp³-hybridized carbons (Fsp3) is 0.310. The highest BCUT2D eigenvalue weighted by atomic mass is 14.2. The van der Waals surface area contributed by atoms with Crippen molar-refractivity contribution in [2.45, 2.75) is 59.8 Å². The Labute approximate surface area is 176 Å². The quantitative estimate of drug-likeness (QED) is 0.435. The molecule has 0 aliphatic heterocycles. The molecule has 0 aromatic heterocycles. The molecule has 3 aromatic rings. The van der Waals surface area contributed by atoms with E-state index in [0.717, 1.165) is 12.8 Å². The monoisotopic (exact) mass is 380 g/mol. The van der Waals surface area contributed by atoms with E-state index in [1.165, 1.54) is 55.6 Å². The third-order valence-corrected chi connectivity index (χ3v) is 6.27. The summed E-state index contributed by atoms with van der Waals surface area (Å²) >= 11 is 0. The van der Waals surface area contributed by atoms with Crippen LogP contribution in [0.5, 0.6) is 0 Å². The third kappa shape index (κ3) is 3.94. The van der Waals surface area contributed by atoms with Crippen LogP contribution in [0.4, 0.5) is 0 Å². The van der Waals surface area contributed by atoms with Crippen molar-refractivity contribution in [2.75, 3.05) is 0 Å². The van der Waals surface area contributed by atoms with Crippen molar-refractivity contribution >= 4 is 6.08 Å². The first kappa shape index (κ1) is 19.7. The Morgan fingerprint density at radius 2 is 1.48 bits per heavy atom. The lowest BCUT2D eigenvalue weighted by Gasteiger charge is -2.19. The van der Waals surface area contributed by atoms with Crippen LogP contribution in [-0.4, -0.2) is 0 Å². The molecule has 0 N–H and O–H groups in total. The molecule has 0 spiro atoms. The van der Waals surface area contributed by atoms with Crippen LogP contribution in [0.3, 0.4) is 0 Å². The van der Waals surface area contributed by atoms with Gasteiger partial charge in [0.05, 0.1) is 0 Å². The Morgan fingerprint density at radius 3 is 2.10 bits per heavy atom. The lowest BCUT2D eigenvalue weighted by Crippen LogP contribution is -2.10. The average molecular weight is 381 g/mol. The van der Waals surface area contributed by atoms with E-state index in [4.69, 9.17) is 0 Å². The van der Waals surface area contributed by atoms with Crippen molar-refractivity contribution < 1.29 is 0 Å². The van der Waals surface area contributed by atoms with Crippen molar-refractivity contribution in [3.63, 3.8) is 0 Å². The standard InChI is InChI=1S/C29H32/c1-19-14-20(2)27(21(3)15-19)17-22-16-24-8-7-9-26(28(24)18-22)23-10-12-25(13-11-23)29(4,5)6/h7-15,18H,16-17H2,1-6H3. The van der Waals surface area contributed by atoms with Gasteiger partial charge in [0, 0.05) is 0 Å². The molecule has 0 saturated carbocycles. The summed E-state index contributed by atoms with van der Waals surface area (Å²) < 4.78 is 0. The molecule has 0 unspecified atom stereocenters. The maximum absolute atomic E-state index is 2.45. The zero-order valence-electron chi connectivity index (χ0n) is 18.7. The SMILES string of the molecule is Cc1cc(C)c(CC2=Cc3c(cccc3-c3ccc(C(C)(C)C)cc3)C2)c(C)c1. The van der Waals surface area contributed by atoms with Gasteiger partial charge in [-0.2, -0.15) is 0 Å². The first-order valence-corrected chi connectivity index (χ1v) is 10.7. The van der Waals surface area contributed by atoms with Gasteiger partial charge in [0.15, 0.2) is 0 Å². The number of hydrogen-bond donors (Lipinski definition) is 0. The topological polar surface area (TPSA) is 0 Å². The number of allylic oxidation sites excluding steroid dienone is 1. The van der Waals surface area contributed by atoms with Crippen molar-refractivity contribution in [2.24, 2.45) is 0 Å². The van der Waals surface area contributed by atoms with E-state index in [2.05, 4.69) is 102 Å². The molecule has 0 nitrogen and oxygen atoms in total. The molecule has 0 fully saturated rings. The minimum absolute atomic E-state index is 0.188. The Hall–Kier alpha value is -2.60. The van der Waals surface area contributed by atoms with Crippen molar-refractivity contribution in [1.29, 1.82) is 0 Å². The molecule has 0 heteroatoms. The molecule has 1 aliphatic rings. The zero-order chi connectivity index (χ0) is 20.8. The zero-order valence-corrected chi connectivity index (χ0v) is 18.7. The summed E-state index contributed by atoms with van der Waals surface area (Å²) in [4.78, 5) is 0. The van der Waals surface area contributed by atoms with Crippen molar-refractivity contribution in [3.8, 4) is 11.1 Å². The molecule has 29 heavy (non-hydrogen) atoms. The molecule has 0 radical (unpaired) electrons. The van der Waals surface area contributed by atoms with Crippen molar-refractivity contribution in [3.05, 3.63) is 99.1 Å². The van der Waals surface area contributed by atoms with E-state index < -0.39 is 0 Å². The van der Waals surface area contributed by atoms with Crippen LogP contribution in [0.25, 0.3) is 17.2 Å². The molecule has 0 bridgehead atoms. The molecule has 4 rings (SSSR count). The van der Waals surface area contributed by atoms with E-state index in [-0.39, 0.29) is 5.41 Å². The molecule has 0 heterocycles. The summed E-state index contributed by atoms with van der Waals surface area (Å²) in [6.07, 6.45) is 4.56. The predicted molar refractivity (Wildman–Crippen MR) is 127 cm³/mol. The largest absolute Gasteiger partial charge is 0.0613 e. The fourth-order valence-electron chi connectivity index (χ4n) is 4.67. The lowest BCUT2D eigenvalue weighted by molar-refractivity contribution is 0.590. The molecule has 148 valence electrons. The van der Waals surface area contributed by atoms with Crippen LogP contribution in [0.2, 0.25) is 0 Å². The second-order valence-electron chi connectivity index (χ2n) is 9.74. The normalized spacial score (nSPS) is 13.4. The van der Waals surface area contributed by atoms with Gasteiger partial charge in [-0.15, -0.1) is 0 Å². The molecule has 1 aliphatic carbocycles. The Bertz CT molecular complexity index is 1060. The maximum Gasteiger partial charge on any atom is -0.00543 e. The van der Waals surface area contributed by atoms with E-state index in [1.807, 2.05) is 0 Å². The van der Waals surface area contributed by atoms with Crippen LogP contribution in [0.1, 0.15) is 59.7 Å². The van der Waals surface area contributed by atoms with Gasteiger partial charge in [-0.1, -0.05) is 92.6 Å². The number of hydrogen-bond acceptors (Lipinski definition) is 0. The number of fused-ring (bicyclic) bond motifs is 1.